The van der Waals surface area contributed by atoms with E-state index in [9.17, 15) is 13.2 Å². The topological polar surface area (TPSA) is 97.5 Å². The summed E-state index contributed by atoms with van der Waals surface area (Å²) in [6.07, 6.45) is 1.33. The van der Waals surface area contributed by atoms with Crippen LogP contribution in [0.4, 0.5) is 0 Å². The summed E-state index contributed by atoms with van der Waals surface area (Å²) in [5.41, 5.74) is 7.31. The van der Waals surface area contributed by atoms with Crippen LogP contribution in [0.2, 0.25) is 0 Å². The average molecular weight is 398 g/mol. The van der Waals surface area contributed by atoms with Crippen LogP contribution in [-0.2, 0) is 10.1 Å². The maximum atomic E-state index is 10.7. The van der Waals surface area contributed by atoms with Crippen LogP contribution < -0.4 is 5.73 Å². The maximum absolute atomic E-state index is 10.7. The van der Waals surface area contributed by atoms with Gasteiger partial charge in [-0.05, 0) is 42.3 Å². The molecule has 2 aromatic rings. The van der Waals surface area contributed by atoms with Gasteiger partial charge in [-0.1, -0.05) is 46.3 Å². The van der Waals surface area contributed by atoms with Crippen molar-refractivity contribution < 1.29 is 17.8 Å². The summed E-state index contributed by atoms with van der Waals surface area (Å²) in [6.45, 7) is 1.85. The SMILES string of the molecule is Cc1cc(Br)ccc1C(N)=O.O=S(=O)(O)/C=C/c1ccccc1. The average Bonchev–Trinajstić information content (AvgIpc) is 2.46. The number of hydrogen-bond donors (Lipinski definition) is 2. The highest BCUT2D eigenvalue weighted by molar-refractivity contribution is 9.10. The number of primary amides is 1. The van der Waals surface area contributed by atoms with Crippen molar-refractivity contribution in [3.8, 4) is 0 Å². The van der Waals surface area contributed by atoms with Crippen LogP contribution in [0.5, 0.6) is 0 Å². The molecule has 2 aromatic carbocycles. The van der Waals surface area contributed by atoms with Crippen molar-refractivity contribution in [2.24, 2.45) is 5.73 Å². The van der Waals surface area contributed by atoms with Gasteiger partial charge in [0.05, 0.1) is 5.41 Å². The van der Waals surface area contributed by atoms with Crippen molar-refractivity contribution in [1.82, 2.24) is 0 Å². The molecule has 0 saturated carbocycles. The molecule has 0 aliphatic carbocycles. The Labute approximate surface area is 143 Å². The normalized spacial score (nSPS) is 10.9. The van der Waals surface area contributed by atoms with Crippen molar-refractivity contribution in [2.45, 2.75) is 6.92 Å². The number of halogens is 1. The summed E-state index contributed by atoms with van der Waals surface area (Å²) in [4.78, 5) is 10.7. The Morgan fingerprint density at radius 2 is 1.78 bits per heavy atom. The van der Waals surface area contributed by atoms with Crippen LogP contribution in [0.25, 0.3) is 6.08 Å². The summed E-state index contributed by atoms with van der Waals surface area (Å²) < 4.78 is 29.9. The van der Waals surface area contributed by atoms with Gasteiger partial charge in [0.2, 0.25) is 5.91 Å². The van der Waals surface area contributed by atoms with E-state index in [2.05, 4.69) is 15.9 Å². The van der Waals surface area contributed by atoms with Gasteiger partial charge < -0.3 is 5.73 Å². The molecule has 0 bridgehead atoms. The minimum atomic E-state index is -4.00. The van der Waals surface area contributed by atoms with E-state index >= 15 is 0 Å². The lowest BCUT2D eigenvalue weighted by molar-refractivity contribution is 0.0999. The van der Waals surface area contributed by atoms with Crippen molar-refractivity contribution >= 4 is 38.0 Å². The summed E-state index contributed by atoms with van der Waals surface area (Å²) in [5, 5.41) is 0.752. The van der Waals surface area contributed by atoms with Gasteiger partial charge in [0, 0.05) is 10.0 Å². The lowest BCUT2D eigenvalue weighted by Crippen LogP contribution is -2.12. The van der Waals surface area contributed by atoms with Gasteiger partial charge in [0.1, 0.15) is 0 Å². The first-order chi connectivity index (χ1) is 10.7. The van der Waals surface area contributed by atoms with Gasteiger partial charge in [-0.25, -0.2) is 0 Å². The lowest BCUT2D eigenvalue weighted by Gasteiger charge is -2.00. The van der Waals surface area contributed by atoms with Gasteiger partial charge in [-0.3, -0.25) is 9.35 Å². The molecule has 0 unspecified atom stereocenters. The molecule has 1 amide bonds. The summed E-state index contributed by atoms with van der Waals surface area (Å²) in [7, 11) is -4.00. The molecule has 0 heterocycles. The molecule has 0 aliphatic rings. The number of hydrogen-bond acceptors (Lipinski definition) is 3. The predicted molar refractivity (Wildman–Crippen MR) is 94.4 cm³/mol. The first-order valence-corrected chi connectivity index (χ1v) is 8.75. The van der Waals surface area contributed by atoms with Crippen LogP contribution in [0.3, 0.4) is 0 Å². The monoisotopic (exact) mass is 397 g/mol. The molecule has 0 fully saturated rings. The summed E-state index contributed by atoms with van der Waals surface area (Å²) in [5.74, 6) is -0.380. The summed E-state index contributed by atoms with van der Waals surface area (Å²) in [6, 6.07) is 14.2. The van der Waals surface area contributed by atoms with E-state index < -0.39 is 10.1 Å². The van der Waals surface area contributed by atoms with Crippen molar-refractivity contribution in [3.05, 3.63) is 75.1 Å². The molecular weight excluding hydrogens is 382 g/mol. The first kappa shape index (κ1) is 19.1. The smallest absolute Gasteiger partial charge is 0.287 e. The Balaban J connectivity index is 0.000000231. The third-order valence-electron chi connectivity index (χ3n) is 2.69. The highest BCUT2D eigenvalue weighted by Crippen LogP contribution is 2.14. The maximum Gasteiger partial charge on any atom is 0.287 e. The van der Waals surface area contributed by atoms with Crippen LogP contribution in [0, 0.1) is 6.92 Å². The van der Waals surface area contributed by atoms with E-state index in [4.69, 9.17) is 10.3 Å². The van der Waals surface area contributed by atoms with Gasteiger partial charge in [0.15, 0.2) is 0 Å². The van der Waals surface area contributed by atoms with E-state index in [1.54, 1.807) is 36.4 Å². The number of rotatable bonds is 3. The minimum Gasteiger partial charge on any atom is -0.366 e. The van der Waals surface area contributed by atoms with Gasteiger partial charge in [-0.2, -0.15) is 8.42 Å². The number of carbonyl (C=O) groups excluding carboxylic acids is 1. The van der Waals surface area contributed by atoms with Crippen molar-refractivity contribution in [2.75, 3.05) is 0 Å². The molecule has 0 saturated heterocycles. The Morgan fingerprint density at radius 3 is 2.26 bits per heavy atom. The fourth-order valence-corrected chi connectivity index (χ4v) is 2.44. The fourth-order valence-electron chi connectivity index (χ4n) is 1.63. The molecule has 0 aromatic heterocycles. The summed E-state index contributed by atoms with van der Waals surface area (Å²) >= 11 is 3.29. The number of nitrogens with two attached hydrogens (primary N) is 1. The van der Waals surface area contributed by atoms with Crippen molar-refractivity contribution in [1.29, 1.82) is 0 Å². The number of carbonyl (C=O) groups is 1. The van der Waals surface area contributed by atoms with E-state index in [-0.39, 0.29) is 5.91 Å². The number of aryl methyl sites for hydroxylation is 1. The largest absolute Gasteiger partial charge is 0.366 e. The molecule has 0 aliphatic heterocycles. The number of amides is 1. The number of benzene rings is 2. The molecule has 2 rings (SSSR count). The zero-order chi connectivity index (χ0) is 17.5. The van der Waals surface area contributed by atoms with Gasteiger partial charge >= 0.3 is 0 Å². The van der Waals surface area contributed by atoms with E-state index in [0.29, 0.717) is 5.56 Å². The fraction of sp³-hybridized carbons (Fsp3) is 0.0625. The zero-order valence-electron chi connectivity index (χ0n) is 12.3. The van der Waals surface area contributed by atoms with Gasteiger partial charge in [-0.15, -0.1) is 0 Å². The quantitative estimate of drug-likeness (QED) is 0.775. The molecule has 122 valence electrons. The highest BCUT2D eigenvalue weighted by Gasteiger charge is 2.03. The first-order valence-electron chi connectivity index (χ1n) is 6.45. The van der Waals surface area contributed by atoms with Crippen LogP contribution in [0.1, 0.15) is 21.5 Å². The molecule has 3 N–H and O–H groups in total. The van der Waals surface area contributed by atoms with Crippen LogP contribution >= 0.6 is 15.9 Å². The van der Waals surface area contributed by atoms with Gasteiger partial charge in [0.25, 0.3) is 10.1 Å². The Bertz CT molecular complexity index is 802. The lowest BCUT2D eigenvalue weighted by atomic mass is 10.1. The van der Waals surface area contributed by atoms with Crippen LogP contribution in [0.15, 0.2) is 58.4 Å². The van der Waals surface area contributed by atoms with E-state index in [0.717, 1.165) is 21.0 Å². The standard InChI is InChI=1S/C8H8BrNO.C8H8O3S/c1-5-4-6(9)2-3-7(5)8(10)11;9-12(10,11)7-6-8-4-2-1-3-5-8/h2-4H,1H3,(H2,10,11);1-7H,(H,9,10,11)/b;7-6+. The van der Waals surface area contributed by atoms with E-state index in [1.165, 1.54) is 6.08 Å². The zero-order valence-corrected chi connectivity index (χ0v) is 14.7. The molecule has 0 radical (unpaired) electrons. The van der Waals surface area contributed by atoms with Crippen LogP contribution in [-0.4, -0.2) is 18.9 Å². The highest BCUT2D eigenvalue weighted by atomic mass is 79.9. The predicted octanol–water partition coefficient (Wildman–Crippen LogP) is 3.40. The Hall–Kier alpha value is -1.96. The molecule has 7 heteroatoms. The molecule has 23 heavy (non-hydrogen) atoms. The second-order valence-corrected chi connectivity index (χ2v) is 6.77. The molecule has 0 atom stereocenters. The minimum absolute atomic E-state index is 0.380. The third kappa shape index (κ3) is 7.73. The molecular formula is C16H16BrNO4S. The molecule has 0 spiro atoms. The molecule has 5 nitrogen and oxygen atoms in total. The third-order valence-corrected chi connectivity index (χ3v) is 3.66. The van der Waals surface area contributed by atoms with Crippen molar-refractivity contribution in [3.63, 3.8) is 0 Å². The second-order valence-electron chi connectivity index (χ2n) is 4.55. The Kier molecular flexibility index (Phi) is 7.15. The second kappa shape index (κ2) is 8.61. The van der Waals surface area contributed by atoms with E-state index in [1.807, 2.05) is 19.1 Å². The Morgan fingerprint density at radius 1 is 1.17 bits per heavy atom.